The number of nitrogens with one attached hydrogen (secondary N) is 2. The summed E-state index contributed by atoms with van der Waals surface area (Å²) in [6, 6.07) is 10.9. The van der Waals surface area contributed by atoms with Crippen LogP contribution < -0.4 is 14.8 Å². The highest BCUT2D eigenvalue weighted by molar-refractivity contribution is 7.92. The van der Waals surface area contributed by atoms with Crippen LogP contribution in [0.15, 0.2) is 48.5 Å². The van der Waals surface area contributed by atoms with E-state index in [2.05, 4.69) is 25.0 Å². The minimum absolute atomic E-state index is 0.0331. The van der Waals surface area contributed by atoms with Gasteiger partial charge < -0.3 is 10.1 Å². The van der Waals surface area contributed by atoms with Crippen LogP contribution >= 0.6 is 0 Å². The molecule has 0 radical (unpaired) electrons. The van der Waals surface area contributed by atoms with Gasteiger partial charge in [0.05, 0.1) is 18.4 Å². The third-order valence-corrected chi connectivity index (χ3v) is 4.36. The van der Waals surface area contributed by atoms with Crippen molar-refractivity contribution in [3.8, 4) is 17.4 Å². The maximum atomic E-state index is 13.0. The molecule has 0 bridgehead atoms. The van der Waals surface area contributed by atoms with Gasteiger partial charge in [-0.25, -0.2) is 8.42 Å². The first-order valence-electron chi connectivity index (χ1n) is 8.95. The van der Waals surface area contributed by atoms with Gasteiger partial charge in [0.15, 0.2) is 5.82 Å². The molecular weight excluding hydrogens is 435 g/mol. The molecular formula is C19H18F3N5O3S. The second kappa shape index (κ2) is 8.76. The second-order valence-corrected chi connectivity index (χ2v) is 8.11. The summed E-state index contributed by atoms with van der Waals surface area (Å²) in [6.45, 7) is 1.97. The summed E-state index contributed by atoms with van der Waals surface area (Å²) < 4.78 is 69.6. The SMILES string of the molecule is CCOc1nc(Nc2cccc(C(F)(F)F)c2)nc(-c2cccc(NS(C)(=O)=O)c2)n1. The number of ether oxygens (including phenoxy) is 1. The maximum absolute atomic E-state index is 13.0. The number of hydrogen-bond acceptors (Lipinski definition) is 7. The zero-order valence-electron chi connectivity index (χ0n) is 16.4. The number of hydrogen-bond donors (Lipinski definition) is 2. The molecule has 8 nitrogen and oxygen atoms in total. The molecule has 3 rings (SSSR count). The van der Waals surface area contributed by atoms with E-state index >= 15 is 0 Å². The van der Waals surface area contributed by atoms with Crippen molar-refractivity contribution in [1.29, 1.82) is 0 Å². The summed E-state index contributed by atoms with van der Waals surface area (Å²) in [5.41, 5.74) is 0.0492. The molecule has 0 saturated carbocycles. The predicted octanol–water partition coefficient (Wildman–Crippen LogP) is 4.07. The van der Waals surface area contributed by atoms with Gasteiger partial charge in [-0.15, -0.1) is 0 Å². The van der Waals surface area contributed by atoms with E-state index in [9.17, 15) is 21.6 Å². The minimum atomic E-state index is -4.49. The average molecular weight is 453 g/mol. The van der Waals surface area contributed by atoms with Gasteiger partial charge in [0.1, 0.15) is 0 Å². The minimum Gasteiger partial charge on any atom is -0.464 e. The normalized spacial score (nSPS) is 11.8. The number of rotatable bonds is 7. The van der Waals surface area contributed by atoms with E-state index in [0.29, 0.717) is 11.3 Å². The highest BCUT2D eigenvalue weighted by Gasteiger charge is 2.30. The molecule has 0 aliphatic heterocycles. The van der Waals surface area contributed by atoms with Crippen molar-refractivity contribution in [1.82, 2.24) is 15.0 Å². The van der Waals surface area contributed by atoms with Crippen LogP contribution in [-0.2, 0) is 16.2 Å². The number of benzene rings is 2. The number of anilines is 3. The molecule has 1 aromatic heterocycles. The molecule has 2 N–H and O–H groups in total. The fraction of sp³-hybridized carbons (Fsp3) is 0.211. The summed E-state index contributed by atoms with van der Waals surface area (Å²) in [7, 11) is -3.49. The van der Waals surface area contributed by atoms with Crippen molar-refractivity contribution in [2.45, 2.75) is 13.1 Å². The molecule has 31 heavy (non-hydrogen) atoms. The van der Waals surface area contributed by atoms with Crippen LogP contribution in [0.1, 0.15) is 12.5 Å². The molecule has 0 atom stereocenters. The van der Waals surface area contributed by atoms with Gasteiger partial charge in [0, 0.05) is 16.9 Å². The Bertz CT molecular complexity index is 1190. The van der Waals surface area contributed by atoms with Crippen LogP contribution in [0, 0.1) is 0 Å². The van der Waals surface area contributed by atoms with Crippen molar-refractivity contribution in [3.05, 3.63) is 54.1 Å². The van der Waals surface area contributed by atoms with Crippen molar-refractivity contribution >= 4 is 27.3 Å². The van der Waals surface area contributed by atoms with Crippen molar-refractivity contribution in [3.63, 3.8) is 0 Å². The first-order chi connectivity index (χ1) is 14.5. The predicted molar refractivity (Wildman–Crippen MR) is 110 cm³/mol. The Morgan fingerprint density at radius 1 is 1.00 bits per heavy atom. The van der Waals surface area contributed by atoms with E-state index in [1.807, 2.05) is 0 Å². The fourth-order valence-corrected chi connectivity index (χ4v) is 3.13. The Morgan fingerprint density at radius 3 is 2.39 bits per heavy atom. The van der Waals surface area contributed by atoms with Gasteiger partial charge in [-0.05, 0) is 37.3 Å². The lowest BCUT2D eigenvalue weighted by Crippen LogP contribution is -2.10. The molecule has 12 heteroatoms. The zero-order valence-corrected chi connectivity index (χ0v) is 17.3. The summed E-state index contributed by atoms with van der Waals surface area (Å²) >= 11 is 0. The van der Waals surface area contributed by atoms with Gasteiger partial charge in [0.25, 0.3) is 0 Å². The third-order valence-electron chi connectivity index (χ3n) is 3.76. The van der Waals surface area contributed by atoms with E-state index in [1.165, 1.54) is 18.2 Å². The molecule has 0 aliphatic rings. The number of halogens is 3. The lowest BCUT2D eigenvalue weighted by Gasteiger charge is -2.12. The average Bonchev–Trinajstić information content (AvgIpc) is 2.66. The van der Waals surface area contributed by atoms with E-state index in [0.717, 1.165) is 18.4 Å². The van der Waals surface area contributed by atoms with Crippen molar-refractivity contribution in [2.24, 2.45) is 0 Å². The van der Waals surface area contributed by atoms with E-state index < -0.39 is 21.8 Å². The summed E-state index contributed by atoms with van der Waals surface area (Å²) in [6.07, 6.45) is -3.47. The number of nitrogens with zero attached hydrogens (tertiary/aromatic N) is 3. The zero-order chi connectivity index (χ0) is 22.6. The Balaban J connectivity index is 1.98. The number of sulfonamides is 1. The van der Waals surface area contributed by atoms with Crippen LogP contribution in [0.3, 0.4) is 0 Å². The highest BCUT2D eigenvalue weighted by atomic mass is 32.2. The van der Waals surface area contributed by atoms with Crippen LogP contribution in [0.5, 0.6) is 6.01 Å². The largest absolute Gasteiger partial charge is 0.464 e. The maximum Gasteiger partial charge on any atom is 0.416 e. The number of alkyl halides is 3. The lowest BCUT2D eigenvalue weighted by molar-refractivity contribution is -0.137. The number of aromatic nitrogens is 3. The van der Waals surface area contributed by atoms with Crippen LogP contribution in [0.25, 0.3) is 11.4 Å². The summed E-state index contributed by atoms with van der Waals surface area (Å²) in [5, 5.41) is 2.72. The summed E-state index contributed by atoms with van der Waals surface area (Å²) in [4.78, 5) is 12.5. The first-order valence-corrected chi connectivity index (χ1v) is 10.8. The Hall–Kier alpha value is -3.41. The molecule has 0 spiro atoms. The second-order valence-electron chi connectivity index (χ2n) is 6.36. The van der Waals surface area contributed by atoms with Gasteiger partial charge in [-0.1, -0.05) is 18.2 Å². The van der Waals surface area contributed by atoms with E-state index in [4.69, 9.17) is 4.74 Å². The fourth-order valence-electron chi connectivity index (χ4n) is 2.57. The molecule has 2 aromatic carbocycles. The molecule has 0 aliphatic carbocycles. The highest BCUT2D eigenvalue weighted by Crippen LogP contribution is 2.31. The Kier molecular flexibility index (Phi) is 6.29. The van der Waals surface area contributed by atoms with Gasteiger partial charge in [-0.2, -0.15) is 28.1 Å². The third kappa shape index (κ3) is 6.28. The van der Waals surface area contributed by atoms with Crippen LogP contribution in [0.4, 0.5) is 30.5 Å². The summed E-state index contributed by atoms with van der Waals surface area (Å²) in [5.74, 6) is 0.110. The van der Waals surface area contributed by atoms with Crippen molar-refractivity contribution in [2.75, 3.05) is 22.9 Å². The topological polar surface area (TPSA) is 106 Å². The molecule has 0 amide bonds. The Labute approximate surface area is 176 Å². The standard InChI is InChI=1S/C19H18F3N5O3S/c1-3-30-18-25-16(12-6-4-9-15(10-12)27-31(2,28)29)24-17(26-18)23-14-8-5-7-13(11-14)19(20,21)22/h4-11,27H,3H2,1-2H3,(H,23,24,25,26). The molecule has 0 saturated heterocycles. The van der Waals surface area contributed by atoms with Gasteiger partial charge >= 0.3 is 12.2 Å². The van der Waals surface area contributed by atoms with E-state index in [-0.39, 0.29) is 30.1 Å². The Morgan fingerprint density at radius 2 is 1.71 bits per heavy atom. The van der Waals surface area contributed by atoms with Crippen LogP contribution in [0.2, 0.25) is 0 Å². The van der Waals surface area contributed by atoms with Crippen molar-refractivity contribution < 1.29 is 26.3 Å². The van der Waals surface area contributed by atoms with Gasteiger partial charge in [0.2, 0.25) is 16.0 Å². The molecule has 0 fully saturated rings. The van der Waals surface area contributed by atoms with Crippen LogP contribution in [-0.4, -0.2) is 36.2 Å². The molecule has 3 aromatic rings. The quantitative estimate of drug-likeness (QED) is 0.555. The lowest BCUT2D eigenvalue weighted by atomic mass is 10.2. The monoisotopic (exact) mass is 453 g/mol. The molecule has 164 valence electrons. The molecule has 1 heterocycles. The first kappa shape index (κ1) is 22.3. The van der Waals surface area contributed by atoms with E-state index in [1.54, 1.807) is 25.1 Å². The molecule has 0 unspecified atom stereocenters. The van der Waals surface area contributed by atoms with Gasteiger partial charge in [-0.3, -0.25) is 4.72 Å². The smallest absolute Gasteiger partial charge is 0.416 e.